The zero-order chi connectivity index (χ0) is 14.9. The van der Waals surface area contributed by atoms with Gasteiger partial charge < -0.3 is 20.1 Å². The zero-order valence-corrected chi connectivity index (χ0v) is 11.4. The maximum atomic E-state index is 10.5. The van der Waals surface area contributed by atoms with Gasteiger partial charge in [0.2, 0.25) is 0 Å². The van der Waals surface area contributed by atoms with Gasteiger partial charge in [-0.15, -0.1) is 0 Å². The fraction of sp³-hybridized carbons (Fsp3) is 0.500. The Balaban J connectivity index is 2.07. The summed E-state index contributed by atoms with van der Waals surface area (Å²) in [6, 6.07) is 5.79. The molecule has 5 atom stereocenters. The molecule has 1 heterocycles. The summed E-state index contributed by atoms with van der Waals surface area (Å²) in [5.74, 6) is 0. The topological polar surface area (TPSA) is 113 Å². The Morgan fingerprint density at radius 2 is 1.75 bits per heavy atom. The van der Waals surface area contributed by atoms with Gasteiger partial charge in [-0.2, -0.15) is 0 Å². The molecule has 1 fully saturated rings. The van der Waals surface area contributed by atoms with E-state index in [-0.39, 0.29) is 5.69 Å². The molecule has 8 heteroatoms. The van der Waals surface area contributed by atoms with E-state index in [4.69, 9.17) is 4.74 Å². The quantitative estimate of drug-likeness (QED) is 0.551. The van der Waals surface area contributed by atoms with Crippen molar-refractivity contribution in [3.63, 3.8) is 0 Å². The van der Waals surface area contributed by atoms with E-state index in [1.807, 2.05) is 0 Å². The molecular formula is C12H15NO6S. The highest BCUT2D eigenvalue weighted by Crippen LogP contribution is 2.33. The molecule has 0 radical (unpaired) electrons. The first kappa shape index (κ1) is 15.2. The van der Waals surface area contributed by atoms with Crippen molar-refractivity contribution in [2.45, 2.75) is 41.7 Å². The number of nitro benzene ring substituents is 1. The molecule has 2 rings (SSSR count). The van der Waals surface area contributed by atoms with Gasteiger partial charge in [-0.3, -0.25) is 10.1 Å². The molecule has 1 saturated heterocycles. The SMILES string of the molecule is C[C@@H]1O[C@H](Sc2ccc([N+](=O)[O-])cc2)[C@H](O)[C@@H](O)[C@H]1O. The van der Waals surface area contributed by atoms with Gasteiger partial charge in [0, 0.05) is 17.0 Å². The molecule has 0 unspecified atom stereocenters. The standard InChI is InChI=1S/C12H15NO6S/c1-6-9(14)10(15)11(16)12(19-6)20-8-4-2-7(3-5-8)13(17)18/h2-6,9-12,14-16H,1H3/t6-,9-,10-,11+,12+/m0/s1. The summed E-state index contributed by atoms with van der Waals surface area (Å²) < 4.78 is 5.43. The van der Waals surface area contributed by atoms with Gasteiger partial charge in [0.1, 0.15) is 23.7 Å². The molecule has 0 amide bonds. The normalized spacial score (nSPS) is 33.9. The first-order valence-corrected chi connectivity index (χ1v) is 6.89. The number of thioether (sulfide) groups is 1. The van der Waals surface area contributed by atoms with Crippen molar-refractivity contribution < 1.29 is 25.0 Å². The van der Waals surface area contributed by atoms with Gasteiger partial charge in [0.25, 0.3) is 5.69 Å². The second-order valence-corrected chi connectivity index (χ2v) is 5.72. The number of nitrogens with zero attached hydrogens (tertiary/aromatic N) is 1. The number of hydrogen-bond acceptors (Lipinski definition) is 7. The Labute approximate surface area is 119 Å². The molecule has 1 aliphatic heterocycles. The highest BCUT2D eigenvalue weighted by atomic mass is 32.2. The lowest BCUT2D eigenvalue weighted by molar-refractivity contribution is -0.384. The Kier molecular flexibility index (Phi) is 4.61. The summed E-state index contributed by atoms with van der Waals surface area (Å²) in [7, 11) is 0. The molecule has 20 heavy (non-hydrogen) atoms. The zero-order valence-electron chi connectivity index (χ0n) is 10.6. The van der Waals surface area contributed by atoms with E-state index in [9.17, 15) is 25.4 Å². The molecule has 7 nitrogen and oxygen atoms in total. The van der Waals surface area contributed by atoms with Crippen LogP contribution in [0, 0.1) is 10.1 Å². The molecule has 3 N–H and O–H groups in total. The van der Waals surface area contributed by atoms with Gasteiger partial charge in [-0.1, -0.05) is 11.8 Å². The van der Waals surface area contributed by atoms with E-state index in [1.165, 1.54) is 12.1 Å². The minimum atomic E-state index is -1.28. The molecule has 0 aliphatic carbocycles. The first-order chi connectivity index (χ1) is 9.40. The van der Waals surface area contributed by atoms with Crippen LogP contribution in [0.2, 0.25) is 0 Å². The smallest absolute Gasteiger partial charge is 0.269 e. The number of nitro groups is 1. The summed E-state index contributed by atoms with van der Waals surface area (Å²) in [6.45, 7) is 1.60. The van der Waals surface area contributed by atoms with Crippen LogP contribution in [-0.4, -0.2) is 50.1 Å². The Morgan fingerprint density at radius 1 is 1.15 bits per heavy atom. The van der Waals surface area contributed by atoms with Gasteiger partial charge in [0.05, 0.1) is 11.0 Å². The third-order valence-corrected chi connectivity index (χ3v) is 4.27. The third kappa shape index (κ3) is 3.10. The van der Waals surface area contributed by atoms with Crippen LogP contribution in [0.3, 0.4) is 0 Å². The molecule has 1 aromatic carbocycles. The monoisotopic (exact) mass is 301 g/mol. The molecule has 110 valence electrons. The van der Waals surface area contributed by atoms with Crippen molar-refractivity contribution in [2.75, 3.05) is 0 Å². The summed E-state index contributed by atoms with van der Waals surface area (Å²) in [4.78, 5) is 10.7. The predicted octanol–water partition coefficient (Wildman–Crippen LogP) is 0.514. The summed E-state index contributed by atoms with van der Waals surface area (Å²) in [5.41, 5.74) is -0.770. The van der Waals surface area contributed by atoms with E-state index in [2.05, 4.69) is 0 Å². The van der Waals surface area contributed by atoms with Crippen LogP contribution in [0.15, 0.2) is 29.2 Å². The number of hydrogen-bond donors (Lipinski definition) is 3. The number of ether oxygens (including phenoxy) is 1. The van der Waals surface area contributed by atoms with E-state index < -0.39 is 34.8 Å². The minimum Gasteiger partial charge on any atom is -0.388 e. The predicted molar refractivity (Wildman–Crippen MR) is 71.3 cm³/mol. The average molecular weight is 301 g/mol. The maximum absolute atomic E-state index is 10.5. The lowest BCUT2D eigenvalue weighted by Crippen LogP contribution is -2.55. The Morgan fingerprint density at radius 3 is 2.30 bits per heavy atom. The van der Waals surface area contributed by atoms with Gasteiger partial charge in [0.15, 0.2) is 0 Å². The van der Waals surface area contributed by atoms with E-state index >= 15 is 0 Å². The van der Waals surface area contributed by atoms with Crippen LogP contribution in [0.5, 0.6) is 0 Å². The Hall–Kier alpha value is -1.19. The lowest BCUT2D eigenvalue weighted by Gasteiger charge is -2.38. The molecular weight excluding hydrogens is 286 g/mol. The maximum Gasteiger partial charge on any atom is 0.269 e. The average Bonchev–Trinajstić information content (AvgIpc) is 2.43. The number of rotatable bonds is 3. The van der Waals surface area contributed by atoms with E-state index in [0.717, 1.165) is 11.8 Å². The molecule has 1 aliphatic rings. The van der Waals surface area contributed by atoms with Gasteiger partial charge >= 0.3 is 0 Å². The van der Waals surface area contributed by atoms with Crippen LogP contribution in [0.4, 0.5) is 5.69 Å². The lowest BCUT2D eigenvalue weighted by atomic mass is 10.0. The van der Waals surface area contributed by atoms with Crippen molar-refractivity contribution in [1.82, 2.24) is 0 Å². The second kappa shape index (κ2) is 6.06. The fourth-order valence-electron chi connectivity index (χ4n) is 1.89. The van der Waals surface area contributed by atoms with Crippen molar-refractivity contribution in [3.8, 4) is 0 Å². The van der Waals surface area contributed by atoms with Crippen molar-refractivity contribution in [3.05, 3.63) is 34.4 Å². The fourth-order valence-corrected chi connectivity index (χ4v) is 2.98. The summed E-state index contributed by atoms with van der Waals surface area (Å²) in [5, 5.41) is 39.7. The van der Waals surface area contributed by atoms with Crippen LogP contribution in [-0.2, 0) is 4.74 Å². The van der Waals surface area contributed by atoms with E-state index in [0.29, 0.717) is 4.90 Å². The van der Waals surface area contributed by atoms with Gasteiger partial charge in [-0.05, 0) is 19.1 Å². The highest BCUT2D eigenvalue weighted by Gasteiger charge is 2.42. The number of non-ortho nitro benzene ring substituents is 1. The number of benzene rings is 1. The largest absolute Gasteiger partial charge is 0.388 e. The van der Waals surface area contributed by atoms with E-state index in [1.54, 1.807) is 19.1 Å². The number of aliphatic hydroxyl groups excluding tert-OH is 3. The minimum absolute atomic E-state index is 0.0247. The molecule has 0 saturated carbocycles. The second-order valence-electron chi connectivity index (χ2n) is 4.55. The van der Waals surface area contributed by atoms with Crippen LogP contribution in [0.25, 0.3) is 0 Å². The van der Waals surface area contributed by atoms with Gasteiger partial charge in [-0.25, -0.2) is 0 Å². The Bertz CT molecular complexity index is 481. The molecule has 1 aromatic rings. The molecule has 0 bridgehead atoms. The molecule has 0 spiro atoms. The van der Waals surface area contributed by atoms with Crippen LogP contribution >= 0.6 is 11.8 Å². The highest BCUT2D eigenvalue weighted by molar-refractivity contribution is 7.99. The van der Waals surface area contributed by atoms with Crippen LogP contribution in [0.1, 0.15) is 6.92 Å². The molecule has 0 aromatic heterocycles. The van der Waals surface area contributed by atoms with Crippen LogP contribution < -0.4 is 0 Å². The van der Waals surface area contributed by atoms with Crippen molar-refractivity contribution in [1.29, 1.82) is 0 Å². The van der Waals surface area contributed by atoms with Crippen molar-refractivity contribution >= 4 is 17.4 Å². The first-order valence-electron chi connectivity index (χ1n) is 6.01. The number of aliphatic hydroxyl groups is 3. The third-order valence-electron chi connectivity index (χ3n) is 3.11. The summed E-state index contributed by atoms with van der Waals surface area (Å²) in [6.07, 6.45) is -4.27. The summed E-state index contributed by atoms with van der Waals surface area (Å²) >= 11 is 1.14. The van der Waals surface area contributed by atoms with Crippen molar-refractivity contribution in [2.24, 2.45) is 0 Å².